The fraction of sp³-hybridized carbons (Fsp3) is 0.538. The molecule has 3 N–H and O–H groups in total. The number of amides is 2. The van der Waals surface area contributed by atoms with E-state index in [1.807, 2.05) is 52.0 Å². The number of piperazine rings is 1. The van der Waals surface area contributed by atoms with Crippen LogP contribution >= 0.6 is 0 Å². The SMILES string of the molecule is C=CC(C)(C)[C@@]12Nc3c(ccc4c3C=CC(C)(C)O4)[C@]1(O)C[C@H]1C(=O)N3CCC[C@@]3(O)C(=O)N12. The number of carbonyl (C=O) groups is 2. The lowest BCUT2D eigenvalue weighted by Crippen LogP contribution is -2.76. The Balaban J connectivity index is 1.60. The summed E-state index contributed by atoms with van der Waals surface area (Å²) in [7, 11) is 0. The van der Waals surface area contributed by atoms with Crippen molar-refractivity contribution in [1.82, 2.24) is 9.80 Å². The van der Waals surface area contributed by atoms with Crippen molar-refractivity contribution in [2.24, 2.45) is 5.41 Å². The molecular formula is C26H31N3O5. The zero-order chi connectivity index (χ0) is 24.5. The Hall–Kier alpha value is -2.84. The summed E-state index contributed by atoms with van der Waals surface area (Å²) in [6.07, 6.45) is 6.38. The number of hydrogen-bond donors (Lipinski definition) is 3. The summed E-state index contributed by atoms with van der Waals surface area (Å²) in [5.74, 6) is -0.206. The molecule has 3 saturated heterocycles. The van der Waals surface area contributed by atoms with Crippen LogP contribution in [0.2, 0.25) is 0 Å². The second kappa shape index (κ2) is 6.04. The van der Waals surface area contributed by atoms with Gasteiger partial charge in [0, 0.05) is 35.9 Å². The largest absolute Gasteiger partial charge is 0.483 e. The molecule has 2 amide bonds. The molecule has 1 aromatic rings. The van der Waals surface area contributed by atoms with E-state index in [4.69, 9.17) is 4.74 Å². The van der Waals surface area contributed by atoms with E-state index in [1.54, 1.807) is 6.08 Å². The van der Waals surface area contributed by atoms with Crippen molar-refractivity contribution in [3.8, 4) is 5.75 Å². The third kappa shape index (κ3) is 2.17. The fourth-order valence-corrected chi connectivity index (χ4v) is 6.87. The number of nitrogens with zero attached hydrogens (tertiary/aromatic N) is 2. The molecule has 0 unspecified atom stereocenters. The molecule has 5 heterocycles. The van der Waals surface area contributed by atoms with E-state index < -0.39 is 40.0 Å². The number of nitrogens with one attached hydrogen (secondary N) is 1. The van der Waals surface area contributed by atoms with Gasteiger partial charge in [0.15, 0.2) is 5.66 Å². The molecule has 0 aliphatic carbocycles. The van der Waals surface area contributed by atoms with Gasteiger partial charge >= 0.3 is 0 Å². The molecule has 0 saturated carbocycles. The maximum Gasteiger partial charge on any atom is 0.278 e. The molecule has 6 rings (SSSR count). The van der Waals surface area contributed by atoms with Crippen LogP contribution in [0, 0.1) is 5.41 Å². The Morgan fingerprint density at radius 2 is 2.00 bits per heavy atom. The molecule has 3 fully saturated rings. The number of ether oxygens (including phenoxy) is 1. The van der Waals surface area contributed by atoms with Crippen LogP contribution in [0.4, 0.5) is 5.69 Å². The number of aliphatic hydroxyl groups is 2. The highest BCUT2D eigenvalue weighted by molar-refractivity contribution is 6.02. The molecule has 8 nitrogen and oxygen atoms in total. The quantitative estimate of drug-likeness (QED) is 0.580. The van der Waals surface area contributed by atoms with Gasteiger partial charge in [0.25, 0.3) is 5.91 Å². The van der Waals surface area contributed by atoms with Crippen molar-refractivity contribution < 1.29 is 24.5 Å². The first-order valence-corrected chi connectivity index (χ1v) is 11.9. The highest BCUT2D eigenvalue weighted by Gasteiger charge is 2.78. The summed E-state index contributed by atoms with van der Waals surface area (Å²) < 4.78 is 6.15. The first kappa shape index (κ1) is 21.7. The average Bonchev–Trinajstić information content (AvgIpc) is 3.37. The first-order valence-electron chi connectivity index (χ1n) is 11.9. The topological polar surface area (TPSA) is 102 Å². The van der Waals surface area contributed by atoms with Gasteiger partial charge in [-0.3, -0.25) is 14.5 Å². The summed E-state index contributed by atoms with van der Waals surface area (Å²) in [4.78, 5) is 30.3. The van der Waals surface area contributed by atoms with Gasteiger partial charge in [-0.05, 0) is 38.5 Å². The van der Waals surface area contributed by atoms with E-state index in [9.17, 15) is 19.8 Å². The van der Waals surface area contributed by atoms with Gasteiger partial charge in [0.2, 0.25) is 11.6 Å². The molecule has 5 aliphatic heterocycles. The minimum absolute atomic E-state index is 0.0241. The molecule has 1 aromatic carbocycles. The molecule has 180 valence electrons. The molecule has 5 aliphatic rings. The monoisotopic (exact) mass is 465 g/mol. The fourth-order valence-electron chi connectivity index (χ4n) is 6.87. The summed E-state index contributed by atoms with van der Waals surface area (Å²) in [6.45, 7) is 12.0. The predicted molar refractivity (Wildman–Crippen MR) is 126 cm³/mol. The van der Waals surface area contributed by atoms with Crippen molar-refractivity contribution in [2.75, 3.05) is 11.9 Å². The number of carbonyl (C=O) groups excluding carboxylic acids is 2. The Morgan fingerprint density at radius 3 is 2.71 bits per heavy atom. The van der Waals surface area contributed by atoms with E-state index in [2.05, 4.69) is 11.9 Å². The molecule has 0 bridgehead atoms. The number of anilines is 1. The number of benzene rings is 1. The van der Waals surface area contributed by atoms with E-state index in [0.717, 1.165) is 5.56 Å². The molecule has 34 heavy (non-hydrogen) atoms. The minimum atomic E-state index is -1.90. The Morgan fingerprint density at radius 1 is 1.26 bits per heavy atom. The first-order chi connectivity index (χ1) is 15.8. The summed E-state index contributed by atoms with van der Waals surface area (Å²) in [5, 5.41) is 27.4. The normalized spacial score (nSPS) is 36.8. The molecular weight excluding hydrogens is 434 g/mol. The van der Waals surface area contributed by atoms with Gasteiger partial charge in [-0.25, -0.2) is 0 Å². The summed E-state index contributed by atoms with van der Waals surface area (Å²) in [5.41, 5.74) is -4.21. The Kier molecular flexibility index (Phi) is 3.85. The van der Waals surface area contributed by atoms with Crippen LogP contribution in [0.3, 0.4) is 0 Å². The zero-order valence-electron chi connectivity index (χ0n) is 20.0. The number of fused-ring (bicyclic) bond motifs is 8. The standard InChI is InChI=1S/C26H31N3O5/c1-6-22(2,3)26-24(32,14-17-20(30)28-13-7-11-25(28,33)21(31)29(17)26)16-8-9-18-15(19(16)27-26)10-12-23(4,5)34-18/h6,8-10,12,17,27,32-33H,1,7,11,13-14H2,2-5H3/t17-,24+,25+,26-/m0/s1. The maximum atomic E-state index is 14.0. The van der Waals surface area contributed by atoms with Crippen LogP contribution in [0.15, 0.2) is 30.9 Å². The van der Waals surface area contributed by atoms with Gasteiger partial charge in [0.1, 0.15) is 23.0 Å². The smallest absolute Gasteiger partial charge is 0.278 e. The minimum Gasteiger partial charge on any atom is -0.483 e. The van der Waals surface area contributed by atoms with Crippen molar-refractivity contribution in [2.45, 2.75) is 75.6 Å². The van der Waals surface area contributed by atoms with Crippen LogP contribution in [-0.2, 0) is 15.2 Å². The lowest BCUT2D eigenvalue weighted by atomic mass is 9.68. The number of hydrogen-bond acceptors (Lipinski definition) is 6. The van der Waals surface area contributed by atoms with Gasteiger partial charge in [-0.15, -0.1) is 6.58 Å². The van der Waals surface area contributed by atoms with Gasteiger partial charge in [-0.1, -0.05) is 26.0 Å². The van der Waals surface area contributed by atoms with Crippen LogP contribution in [0.5, 0.6) is 5.75 Å². The van der Waals surface area contributed by atoms with Crippen molar-refractivity contribution >= 4 is 23.6 Å². The third-order valence-electron chi connectivity index (χ3n) is 8.65. The molecule has 0 radical (unpaired) electrons. The zero-order valence-corrected chi connectivity index (χ0v) is 20.0. The average molecular weight is 466 g/mol. The highest BCUT2D eigenvalue weighted by Crippen LogP contribution is 2.65. The summed E-state index contributed by atoms with van der Waals surface area (Å²) in [6, 6.07) is 2.76. The van der Waals surface area contributed by atoms with E-state index >= 15 is 0 Å². The van der Waals surface area contributed by atoms with Crippen molar-refractivity contribution in [3.05, 3.63) is 42.0 Å². The summed E-state index contributed by atoms with van der Waals surface area (Å²) >= 11 is 0. The third-order valence-corrected chi connectivity index (χ3v) is 8.65. The van der Waals surface area contributed by atoms with Crippen LogP contribution in [0.25, 0.3) is 6.08 Å². The van der Waals surface area contributed by atoms with Gasteiger partial charge < -0.3 is 25.2 Å². The van der Waals surface area contributed by atoms with Crippen LogP contribution < -0.4 is 10.1 Å². The Labute approximate surface area is 198 Å². The lowest BCUT2D eigenvalue weighted by molar-refractivity contribution is -0.201. The predicted octanol–water partition coefficient (Wildman–Crippen LogP) is 2.32. The van der Waals surface area contributed by atoms with Crippen molar-refractivity contribution in [1.29, 1.82) is 0 Å². The molecule has 8 heteroatoms. The second-order valence-corrected chi connectivity index (χ2v) is 11.4. The Bertz CT molecular complexity index is 1210. The number of rotatable bonds is 2. The maximum absolute atomic E-state index is 14.0. The molecule has 4 atom stereocenters. The van der Waals surface area contributed by atoms with E-state index in [1.165, 1.54) is 9.80 Å². The molecule has 0 aromatic heterocycles. The highest BCUT2D eigenvalue weighted by atomic mass is 16.5. The van der Waals surface area contributed by atoms with Crippen LogP contribution in [-0.4, -0.2) is 61.4 Å². The second-order valence-electron chi connectivity index (χ2n) is 11.4. The van der Waals surface area contributed by atoms with Gasteiger partial charge in [-0.2, -0.15) is 0 Å². The lowest BCUT2D eigenvalue weighted by Gasteiger charge is -2.55. The van der Waals surface area contributed by atoms with Crippen molar-refractivity contribution in [3.63, 3.8) is 0 Å². The van der Waals surface area contributed by atoms with E-state index in [0.29, 0.717) is 30.0 Å². The van der Waals surface area contributed by atoms with Gasteiger partial charge in [0.05, 0.1) is 5.69 Å². The molecule has 0 spiro atoms. The van der Waals surface area contributed by atoms with Crippen LogP contribution in [0.1, 0.15) is 58.1 Å². The van der Waals surface area contributed by atoms with E-state index in [-0.39, 0.29) is 18.7 Å².